The Morgan fingerprint density at radius 1 is 1.17 bits per heavy atom. The van der Waals surface area contributed by atoms with E-state index in [4.69, 9.17) is 33.2 Å². The first-order valence-corrected chi connectivity index (χ1v) is 13.9. The summed E-state index contributed by atoms with van der Waals surface area (Å²) in [7, 11) is 4.55. The molecule has 0 aromatic carbocycles. The van der Waals surface area contributed by atoms with Gasteiger partial charge in [-0.1, -0.05) is 32.9 Å². The van der Waals surface area contributed by atoms with Crippen molar-refractivity contribution in [1.29, 1.82) is 0 Å². The van der Waals surface area contributed by atoms with Crippen molar-refractivity contribution >= 4 is 18.3 Å². The van der Waals surface area contributed by atoms with Gasteiger partial charge in [-0.3, -0.25) is 14.4 Å². The van der Waals surface area contributed by atoms with Crippen molar-refractivity contribution in [2.24, 2.45) is 11.3 Å². The number of amides is 1. The topological polar surface area (TPSA) is 148 Å². The van der Waals surface area contributed by atoms with Crippen molar-refractivity contribution < 1.29 is 52.6 Å². The minimum Gasteiger partial charge on any atom is -0.462 e. The zero-order valence-electron chi connectivity index (χ0n) is 26.3. The first-order valence-electron chi connectivity index (χ1n) is 13.9. The molecule has 0 radical (unpaired) electrons. The van der Waals surface area contributed by atoms with Crippen LogP contribution in [0, 0.1) is 11.3 Å². The van der Waals surface area contributed by atoms with Gasteiger partial charge in [0.05, 0.1) is 24.9 Å². The number of rotatable bonds is 12. The lowest BCUT2D eigenvalue weighted by Crippen LogP contribution is -2.57. The molecule has 2 heterocycles. The highest BCUT2D eigenvalue weighted by atomic mass is 16.7. The molecule has 0 aliphatic carbocycles. The minimum absolute atomic E-state index is 0.00536. The third-order valence-corrected chi connectivity index (χ3v) is 8.11. The Bertz CT molecular complexity index is 862. The third kappa shape index (κ3) is 10.0. The van der Waals surface area contributed by atoms with Gasteiger partial charge in [-0.05, 0) is 13.8 Å². The summed E-state index contributed by atoms with van der Waals surface area (Å²) in [6.45, 7) is 16.4. The molecular formula is C29H51NO11. The molecule has 2 aliphatic heterocycles. The van der Waals surface area contributed by atoms with Gasteiger partial charge < -0.3 is 43.6 Å². The van der Waals surface area contributed by atoms with Crippen LogP contribution in [-0.2, 0) is 47.5 Å². The first kappa shape index (κ1) is 36.9. The molecule has 0 bridgehead atoms. The van der Waals surface area contributed by atoms with Crippen LogP contribution in [0.4, 0.5) is 0 Å². The maximum atomic E-state index is 11.5. The molecular weight excluding hydrogens is 538 g/mol. The highest BCUT2D eigenvalue weighted by molar-refractivity contribution is 5.66. The number of hydrogen-bond acceptors (Lipinski definition) is 11. The third-order valence-electron chi connectivity index (χ3n) is 8.11. The van der Waals surface area contributed by atoms with E-state index >= 15 is 0 Å². The van der Waals surface area contributed by atoms with Gasteiger partial charge in [0.25, 0.3) is 0 Å². The fourth-order valence-electron chi connectivity index (χ4n) is 5.13. The summed E-state index contributed by atoms with van der Waals surface area (Å²) >= 11 is 0. The Kier molecular flexibility index (Phi) is 14.9. The molecule has 2 rings (SSSR count). The summed E-state index contributed by atoms with van der Waals surface area (Å²) in [6.07, 6.45) is -0.886. The summed E-state index contributed by atoms with van der Waals surface area (Å²) in [5.74, 6) is -1.35. The predicted molar refractivity (Wildman–Crippen MR) is 150 cm³/mol. The molecule has 238 valence electrons. The number of ether oxygens (including phenoxy) is 7. The van der Waals surface area contributed by atoms with Crippen molar-refractivity contribution in [1.82, 2.24) is 5.32 Å². The molecule has 2 saturated heterocycles. The molecule has 1 amide bonds. The first-order chi connectivity index (χ1) is 19.1. The van der Waals surface area contributed by atoms with Crippen LogP contribution in [0.1, 0.15) is 67.7 Å². The second-order valence-corrected chi connectivity index (χ2v) is 11.2. The van der Waals surface area contributed by atoms with E-state index in [0.717, 1.165) is 5.57 Å². The second kappa shape index (κ2) is 16.5. The lowest BCUT2D eigenvalue weighted by atomic mass is 9.74. The summed E-state index contributed by atoms with van der Waals surface area (Å²) in [4.78, 5) is 33.3. The molecule has 0 spiro atoms. The summed E-state index contributed by atoms with van der Waals surface area (Å²) in [5.41, 5.74) is 0.567. The van der Waals surface area contributed by atoms with Crippen molar-refractivity contribution in [3.8, 4) is 0 Å². The molecule has 41 heavy (non-hydrogen) atoms. The maximum Gasteiger partial charge on any atom is 0.303 e. The normalized spacial score (nSPS) is 31.5. The standard InChI is InChI=1S/C16H29NO7.C13H22O4/c1-10(20)23-14-7-12(15(22-5)17-9-19)24-13(16(14,2)3)6-11(8-18)21-4;1-8-7-13(15-6,11(4)16-12(5)14)17-10(3)9(8)2/h9,11-15,18H,6-8H2,1-5H3,(H,17,19);9-11H,1,7H2,2-6H3. The predicted octanol–water partition coefficient (Wildman–Crippen LogP) is 2.50. The number of aliphatic hydroxyl groups is 1. The van der Waals surface area contributed by atoms with Gasteiger partial charge in [0.2, 0.25) is 12.2 Å². The molecule has 2 aliphatic rings. The van der Waals surface area contributed by atoms with Crippen LogP contribution in [-0.4, -0.2) is 100 Å². The maximum absolute atomic E-state index is 11.5. The van der Waals surface area contributed by atoms with Gasteiger partial charge >= 0.3 is 11.9 Å². The van der Waals surface area contributed by atoms with Crippen LogP contribution in [0.25, 0.3) is 0 Å². The minimum atomic E-state index is -0.908. The number of esters is 2. The van der Waals surface area contributed by atoms with E-state index in [1.54, 1.807) is 14.0 Å². The van der Waals surface area contributed by atoms with E-state index < -0.39 is 41.8 Å². The summed E-state index contributed by atoms with van der Waals surface area (Å²) in [5, 5.41) is 12.0. The van der Waals surface area contributed by atoms with Gasteiger partial charge in [-0.15, -0.1) is 0 Å². The molecule has 0 aromatic rings. The molecule has 2 N–H and O–H groups in total. The monoisotopic (exact) mass is 589 g/mol. The molecule has 9 unspecified atom stereocenters. The van der Waals surface area contributed by atoms with Crippen molar-refractivity contribution in [3.05, 3.63) is 12.2 Å². The van der Waals surface area contributed by atoms with Gasteiger partial charge in [-0.2, -0.15) is 0 Å². The van der Waals surface area contributed by atoms with Crippen molar-refractivity contribution in [2.45, 2.75) is 116 Å². The zero-order valence-corrected chi connectivity index (χ0v) is 26.3. The van der Waals surface area contributed by atoms with E-state index in [1.165, 1.54) is 28.1 Å². The number of aliphatic hydroxyl groups excluding tert-OH is 1. The highest BCUT2D eigenvalue weighted by Crippen LogP contribution is 2.42. The largest absolute Gasteiger partial charge is 0.462 e. The van der Waals surface area contributed by atoms with E-state index in [9.17, 15) is 19.5 Å². The average Bonchev–Trinajstić information content (AvgIpc) is 2.90. The Balaban J connectivity index is 0.000000435. The van der Waals surface area contributed by atoms with Crippen LogP contribution in [0.2, 0.25) is 0 Å². The summed E-state index contributed by atoms with van der Waals surface area (Å²) < 4.78 is 38.7. The van der Waals surface area contributed by atoms with Gasteiger partial charge in [0, 0.05) is 65.8 Å². The fraction of sp³-hybridized carbons (Fsp3) is 0.828. The number of methoxy groups -OCH3 is 3. The van der Waals surface area contributed by atoms with Gasteiger partial charge in [0.15, 0.2) is 12.3 Å². The smallest absolute Gasteiger partial charge is 0.303 e. The molecule has 12 nitrogen and oxygen atoms in total. The van der Waals surface area contributed by atoms with Crippen molar-refractivity contribution in [2.75, 3.05) is 27.9 Å². The molecule has 0 saturated carbocycles. The van der Waals surface area contributed by atoms with Crippen LogP contribution in [0.5, 0.6) is 0 Å². The molecule has 0 aromatic heterocycles. The summed E-state index contributed by atoms with van der Waals surface area (Å²) in [6, 6.07) is 0. The van der Waals surface area contributed by atoms with Crippen molar-refractivity contribution in [3.63, 3.8) is 0 Å². The van der Waals surface area contributed by atoms with Crippen LogP contribution in [0.3, 0.4) is 0 Å². The second-order valence-electron chi connectivity index (χ2n) is 11.2. The van der Waals surface area contributed by atoms with Crippen LogP contribution < -0.4 is 5.32 Å². The molecule has 9 atom stereocenters. The molecule has 2 fully saturated rings. The highest BCUT2D eigenvalue weighted by Gasteiger charge is 2.49. The van der Waals surface area contributed by atoms with Crippen LogP contribution >= 0.6 is 0 Å². The Morgan fingerprint density at radius 3 is 2.24 bits per heavy atom. The van der Waals surface area contributed by atoms with Gasteiger partial charge in [0.1, 0.15) is 12.2 Å². The van der Waals surface area contributed by atoms with E-state index in [2.05, 4.69) is 18.8 Å². The van der Waals surface area contributed by atoms with Crippen LogP contribution in [0.15, 0.2) is 12.2 Å². The zero-order chi connectivity index (χ0) is 31.5. The number of carbonyl (C=O) groups excluding carboxylic acids is 3. The fourth-order valence-corrected chi connectivity index (χ4v) is 5.13. The molecule has 12 heteroatoms. The lowest BCUT2D eigenvalue weighted by Gasteiger charge is -2.48. The van der Waals surface area contributed by atoms with E-state index in [0.29, 0.717) is 25.7 Å². The quantitative estimate of drug-likeness (QED) is 0.150. The SMILES string of the molecule is C=C1CC(OC)(C(C)OC(C)=O)OC(C)C1C.COC(CO)CC1OC(C(NC=O)OC)CC(OC(C)=O)C1(C)C. The Labute approximate surface area is 244 Å². The van der Waals surface area contributed by atoms with E-state index in [-0.39, 0.29) is 36.7 Å². The lowest BCUT2D eigenvalue weighted by molar-refractivity contribution is -0.302. The number of hydrogen-bond donors (Lipinski definition) is 2. The number of nitrogens with one attached hydrogen (secondary N) is 1. The number of carbonyl (C=O) groups is 3. The Hall–Kier alpha value is -2.09. The average molecular weight is 590 g/mol. The van der Waals surface area contributed by atoms with E-state index in [1.807, 2.05) is 20.8 Å². The van der Waals surface area contributed by atoms with Gasteiger partial charge in [-0.25, -0.2) is 0 Å². The Morgan fingerprint density at radius 2 is 1.80 bits per heavy atom.